The Labute approximate surface area is 224 Å². The van der Waals surface area contributed by atoms with Crippen LogP contribution in [0.1, 0.15) is 40.5 Å². The molecule has 0 aromatic heterocycles. The molecule has 0 aliphatic carbocycles. The number of ether oxygens (including phenoxy) is 4. The minimum Gasteiger partial charge on any atom is -0.457 e. The van der Waals surface area contributed by atoms with Crippen molar-refractivity contribution >= 4 is 22.0 Å². The Balaban J connectivity index is 1.70. The first-order valence-electron chi connectivity index (χ1n) is 12.2. The molecule has 1 heterocycles. The number of likely N-dealkylation sites (tertiary alicyclic amines) is 1. The van der Waals surface area contributed by atoms with Crippen LogP contribution in [-0.4, -0.2) is 62.0 Å². The topological polar surface area (TPSA) is 105 Å². The molecule has 1 saturated heterocycles. The molecule has 2 amide bonds. The fraction of sp³-hybridized carbons (Fsp3) is 0.462. The van der Waals surface area contributed by atoms with Crippen molar-refractivity contribution in [3.8, 4) is 17.2 Å². The van der Waals surface area contributed by atoms with E-state index in [1.165, 1.54) is 36.4 Å². The van der Waals surface area contributed by atoms with E-state index in [2.05, 4.69) is 4.74 Å². The number of piperidine rings is 1. The quantitative estimate of drug-likeness (QED) is 0.375. The van der Waals surface area contributed by atoms with Gasteiger partial charge in [0.15, 0.2) is 9.84 Å². The van der Waals surface area contributed by atoms with Crippen LogP contribution >= 0.6 is 0 Å². The predicted molar refractivity (Wildman–Crippen MR) is 133 cm³/mol. The summed E-state index contributed by atoms with van der Waals surface area (Å²) in [5, 5.41) is -0.839. The highest BCUT2D eigenvalue weighted by atomic mass is 32.2. The van der Waals surface area contributed by atoms with Crippen molar-refractivity contribution < 1.29 is 54.6 Å². The monoisotopic (exact) mass is 574 g/mol. The van der Waals surface area contributed by atoms with Crippen LogP contribution in [0.4, 0.5) is 22.8 Å². The highest BCUT2D eigenvalue weighted by molar-refractivity contribution is 7.92. The van der Waals surface area contributed by atoms with Crippen molar-refractivity contribution in [3.05, 3.63) is 48.5 Å². The molecule has 39 heavy (non-hydrogen) atoms. The normalized spacial score (nSPS) is 20.1. The lowest BCUT2D eigenvalue weighted by molar-refractivity contribution is -0.792. The van der Waals surface area contributed by atoms with Crippen LogP contribution < -0.4 is 9.47 Å². The molecule has 0 spiro atoms. The summed E-state index contributed by atoms with van der Waals surface area (Å²) < 4.78 is 82.8. The Morgan fingerprint density at radius 2 is 1.36 bits per heavy atom. The summed E-state index contributed by atoms with van der Waals surface area (Å²) in [6, 6.07) is 10.3. The minimum atomic E-state index is -4.81. The van der Waals surface area contributed by atoms with E-state index in [1.54, 1.807) is 27.7 Å². The number of alkyl halides is 3. The van der Waals surface area contributed by atoms with Gasteiger partial charge in [0.05, 0.1) is 16.8 Å². The fourth-order valence-corrected chi connectivity index (χ4v) is 5.80. The van der Waals surface area contributed by atoms with Crippen molar-refractivity contribution in [1.82, 2.24) is 0 Å². The van der Waals surface area contributed by atoms with Crippen molar-refractivity contribution in [3.63, 3.8) is 0 Å². The zero-order chi connectivity index (χ0) is 29.1. The number of quaternary nitrogens is 1. The molecule has 9 nitrogen and oxygen atoms in total. The number of halogens is 3. The molecule has 0 N–H and O–H groups in total. The van der Waals surface area contributed by atoms with Gasteiger partial charge in [-0.1, -0.05) is 0 Å². The lowest BCUT2D eigenvalue weighted by Gasteiger charge is -2.37. The Kier molecular flexibility index (Phi) is 8.85. The standard InChI is InChI=1S/C26H31F3NO8S/c1-5-35-23(31)30(24(32)38-25(2,3)4)16-14-22(15-17-30)39(33,34)21-12-10-19(11-13-21)36-18-6-8-20(9-7-18)37-26(27,28)29/h6-13,22H,5,14-17H2,1-4H3/q+1. The van der Waals surface area contributed by atoms with E-state index in [4.69, 9.17) is 14.2 Å². The number of rotatable bonds is 6. The van der Waals surface area contributed by atoms with Crippen LogP contribution in [0.15, 0.2) is 53.4 Å². The van der Waals surface area contributed by atoms with Crippen molar-refractivity contribution in [2.24, 2.45) is 0 Å². The molecule has 1 aliphatic heterocycles. The van der Waals surface area contributed by atoms with Gasteiger partial charge in [0.2, 0.25) is 0 Å². The molecule has 3 rings (SSSR count). The van der Waals surface area contributed by atoms with Crippen LogP contribution in [0.5, 0.6) is 17.2 Å². The van der Waals surface area contributed by atoms with Gasteiger partial charge in [-0.3, -0.25) is 0 Å². The molecular weight excluding hydrogens is 543 g/mol. The largest absolute Gasteiger partial charge is 0.573 e. The maximum atomic E-state index is 13.3. The predicted octanol–water partition coefficient (Wildman–Crippen LogP) is 6.22. The highest BCUT2D eigenvalue weighted by Gasteiger charge is 2.53. The molecular formula is C26H31F3NO8S+. The van der Waals surface area contributed by atoms with Crippen LogP contribution in [0.3, 0.4) is 0 Å². The average Bonchev–Trinajstić information content (AvgIpc) is 2.84. The van der Waals surface area contributed by atoms with Crippen molar-refractivity contribution in [2.45, 2.75) is 62.6 Å². The van der Waals surface area contributed by atoms with E-state index in [1.807, 2.05) is 0 Å². The SMILES string of the molecule is CCOC(=O)[N+]1(C(=O)OC(C)(C)C)CCC(S(=O)(=O)c2ccc(Oc3ccc(OC(F)(F)F)cc3)cc2)CC1. The number of hydrogen-bond acceptors (Lipinski definition) is 8. The van der Waals surface area contributed by atoms with Gasteiger partial charge < -0.3 is 18.9 Å². The first-order chi connectivity index (χ1) is 18.1. The second-order valence-electron chi connectivity index (χ2n) is 9.93. The Hall–Kier alpha value is -3.32. The first kappa shape index (κ1) is 30.2. The van der Waals surface area contributed by atoms with Gasteiger partial charge in [-0.15, -0.1) is 17.7 Å². The summed E-state index contributed by atoms with van der Waals surface area (Å²) in [5.41, 5.74) is -0.847. The third-order valence-electron chi connectivity index (χ3n) is 5.91. The van der Waals surface area contributed by atoms with Gasteiger partial charge in [0.1, 0.15) is 35.9 Å². The summed E-state index contributed by atoms with van der Waals surface area (Å²) >= 11 is 0. The van der Waals surface area contributed by atoms with Crippen LogP contribution in [0.2, 0.25) is 0 Å². The number of sulfone groups is 1. The molecule has 1 aliphatic rings. The lowest BCUT2D eigenvalue weighted by atomic mass is 10.1. The van der Waals surface area contributed by atoms with Crippen molar-refractivity contribution in [1.29, 1.82) is 0 Å². The van der Waals surface area contributed by atoms with Gasteiger partial charge >= 0.3 is 18.5 Å². The van der Waals surface area contributed by atoms with Crippen molar-refractivity contribution in [2.75, 3.05) is 19.7 Å². The molecule has 13 heteroatoms. The van der Waals surface area contributed by atoms with Gasteiger partial charge in [0, 0.05) is 12.8 Å². The van der Waals surface area contributed by atoms with E-state index >= 15 is 0 Å². The molecule has 0 radical (unpaired) electrons. The third kappa shape index (κ3) is 7.63. The van der Waals surface area contributed by atoms with Gasteiger partial charge in [-0.05, 0) is 76.2 Å². The Morgan fingerprint density at radius 3 is 1.82 bits per heavy atom. The maximum absolute atomic E-state index is 13.3. The second-order valence-corrected chi connectivity index (χ2v) is 12.2. The third-order valence-corrected chi connectivity index (χ3v) is 8.19. The van der Waals surface area contributed by atoms with E-state index < -0.39 is 49.5 Å². The number of hydrogen-bond donors (Lipinski definition) is 0. The molecule has 0 bridgehead atoms. The van der Waals surface area contributed by atoms with E-state index in [-0.39, 0.29) is 48.9 Å². The Bertz CT molecular complexity index is 1260. The number of imide groups is 1. The summed E-state index contributed by atoms with van der Waals surface area (Å²) in [7, 11) is -3.82. The summed E-state index contributed by atoms with van der Waals surface area (Å²) in [6.45, 7) is 6.52. The van der Waals surface area contributed by atoms with Crippen LogP contribution in [0.25, 0.3) is 0 Å². The highest BCUT2D eigenvalue weighted by Crippen LogP contribution is 2.33. The van der Waals surface area contributed by atoms with Gasteiger partial charge in [-0.2, -0.15) is 9.59 Å². The average molecular weight is 575 g/mol. The number of amides is 2. The molecule has 0 atom stereocenters. The van der Waals surface area contributed by atoms with E-state index in [0.29, 0.717) is 0 Å². The van der Waals surface area contributed by atoms with Crippen LogP contribution in [-0.2, 0) is 19.3 Å². The van der Waals surface area contributed by atoms with Gasteiger partial charge in [0.25, 0.3) is 0 Å². The smallest absolute Gasteiger partial charge is 0.457 e. The Morgan fingerprint density at radius 1 is 0.872 bits per heavy atom. The van der Waals surface area contributed by atoms with Crippen LogP contribution in [0, 0.1) is 0 Å². The molecule has 0 unspecified atom stereocenters. The molecule has 214 valence electrons. The first-order valence-corrected chi connectivity index (χ1v) is 13.8. The molecule has 2 aromatic rings. The maximum Gasteiger partial charge on any atom is 0.573 e. The zero-order valence-corrected chi connectivity index (χ0v) is 22.8. The van der Waals surface area contributed by atoms with Gasteiger partial charge in [-0.25, -0.2) is 8.42 Å². The molecule has 0 saturated carbocycles. The number of nitrogens with zero attached hydrogens (tertiary/aromatic N) is 1. The van der Waals surface area contributed by atoms with E-state index in [9.17, 15) is 31.2 Å². The summed E-state index contributed by atoms with van der Waals surface area (Å²) in [6.07, 6.45) is -6.30. The fourth-order valence-electron chi connectivity index (χ4n) is 4.07. The lowest BCUT2D eigenvalue weighted by Crippen LogP contribution is -2.63. The zero-order valence-electron chi connectivity index (χ0n) is 22.0. The number of benzene rings is 2. The van der Waals surface area contributed by atoms with E-state index in [0.717, 1.165) is 12.1 Å². The second kappa shape index (κ2) is 11.4. The minimum absolute atomic E-state index is 0.0298. The molecule has 1 fully saturated rings. The summed E-state index contributed by atoms with van der Waals surface area (Å²) in [5.74, 6) is 0.0914. The number of carbonyl (C=O) groups excluding carboxylic acids is 2. The summed E-state index contributed by atoms with van der Waals surface area (Å²) in [4.78, 5) is 25.8. The molecule has 2 aromatic carbocycles. The number of carbonyl (C=O) groups is 2.